The van der Waals surface area contributed by atoms with Crippen LogP contribution < -0.4 is 15.8 Å². The molecule has 4 N–H and O–H groups in total. The van der Waals surface area contributed by atoms with E-state index >= 15 is 0 Å². The van der Waals surface area contributed by atoms with Gasteiger partial charge >= 0.3 is 0 Å². The Hall–Kier alpha value is -3.19. The zero-order chi connectivity index (χ0) is 21.1. The zero-order valence-corrected chi connectivity index (χ0v) is 16.8. The van der Waals surface area contributed by atoms with E-state index in [2.05, 4.69) is 15.5 Å². The highest BCUT2D eigenvalue weighted by atomic mass is 19.1. The lowest BCUT2D eigenvalue weighted by Crippen LogP contribution is -2.40. The molecule has 1 fully saturated rings. The van der Waals surface area contributed by atoms with Gasteiger partial charge in [0.15, 0.2) is 0 Å². The average molecular weight is 408 g/mol. The SMILES string of the molecule is COc1c(C(=O)NC2CCC(N)CC2)ccc2n[nH]c(/C=C/c3ccc(F)cc3)c12. The van der Waals surface area contributed by atoms with Crippen molar-refractivity contribution in [1.29, 1.82) is 0 Å². The molecular weight excluding hydrogens is 383 g/mol. The van der Waals surface area contributed by atoms with Gasteiger partial charge in [0.05, 0.1) is 29.3 Å². The van der Waals surface area contributed by atoms with Crippen LogP contribution in [0.25, 0.3) is 23.1 Å². The van der Waals surface area contributed by atoms with Gasteiger partial charge in [-0.15, -0.1) is 0 Å². The number of methoxy groups -OCH3 is 1. The molecular formula is C23H25FN4O2. The second-order valence-corrected chi connectivity index (χ2v) is 7.65. The Morgan fingerprint density at radius 3 is 2.60 bits per heavy atom. The Bertz CT molecular complexity index is 1070. The zero-order valence-electron chi connectivity index (χ0n) is 16.8. The number of H-pyrrole nitrogens is 1. The Morgan fingerprint density at radius 2 is 1.90 bits per heavy atom. The van der Waals surface area contributed by atoms with Crippen molar-refractivity contribution < 1.29 is 13.9 Å². The number of nitrogens with one attached hydrogen (secondary N) is 2. The minimum absolute atomic E-state index is 0.125. The number of fused-ring (bicyclic) bond motifs is 1. The molecule has 1 heterocycles. The lowest BCUT2D eigenvalue weighted by atomic mass is 9.91. The van der Waals surface area contributed by atoms with Crippen LogP contribution in [0.1, 0.15) is 47.3 Å². The van der Waals surface area contributed by atoms with Gasteiger partial charge in [0.2, 0.25) is 0 Å². The van der Waals surface area contributed by atoms with Gasteiger partial charge in [-0.05, 0) is 61.6 Å². The summed E-state index contributed by atoms with van der Waals surface area (Å²) < 4.78 is 18.7. The summed E-state index contributed by atoms with van der Waals surface area (Å²) in [6.07, 6.45) is 7.30. The van der Waals surface area contributed by atoms with Crippen molar-refractivity contribution in [2.45, 2.75) is 37.8 Å². The third-order valence-electron chi connectivity index (χ3n) is 5.57. The van der Waals surface area contributed by atoms with E-state index in [1.807, 2.05) is 12.2 Å². The minimum Gasteiger partial charge on any atom is -0.495 e. The number of benzene rings is 2. The molecule has 30 heavy (non-hydrogen) atoms. The first-order valence-corrected chi connectivity index (χ1v) is 10.1. The topological polar surface area (TPSA) is 93.0 Å². The molecule has 4 rings (SSSR count). The molecule has 2 aromatic carbocycles. The van der Waals surface area contributed by atoms with Crippen molar-refractivity contribution in [2.24, 2.45) is 5.73 Å². The first kappa shape index (κ1) is 20.1. The van der Waals surface area contributed by atoms with Gasteiger partial charge in [0, 0.05) is 12.1 Å². The summed E-state index contributed by atoms with van der Waals surface area (Å²) in [4.78, 5) is 13.0. The molecule has 0 unspecified atom stereocenters. The highest BCUT2D eigenvalue weighted by molar-refractivity contribution is 6.05. The molecule has 1 amide bonds. The molecule has 1 saturated carbocycles. The van der Waals surface area contributed by atoms with Crippen molar-refractivity contribution in [2.75, 3.05) is 7.11 Å². The predicted octanol–water partition coefficient (Wildman–Crippen LogP) is 3.88. The fraction of sp³-hybridized carbons (Fsp3) is 0.304. The molecule has 0 spiro atoms. The summed E-state index contributed by atoms with van der Waals surface area (Å²) in [6.45, 7) is 0. The number of nitrogens with two attached hydrogens (primary N) is 1. The van der Waals surface area contributed by atoms with E-state index in [0.717, 1.165) is 36.6 Å². The Labute approximate surface area is 174 Å². The lowest BCUT2D eigenvalue weighted by molar-refractivity contribution is 0.0923. The van der Waals surface area contributed by atoms with Crippen LogP contribution in [-0.4, -0.2) is 35.3 Å². The first-order valence-electron chi connectivity index (χ1n) is 10.1. The number of aromatic nitrogens is 2. The van der Waals surface area contributed by atoms with E-state index in [0.29, 0.717) is 22.5 Å². The number of nitrogens with zero attached hydrogens (tertiary/aromatic N) is 1. The maximum atomic E-state index is 13.1. The van der Waals surface area contributed by atoms with Crippen LogP contribution in [0.15, 0.2) is 36.4 Å². The van der Waals surface area contributed by atoms with E-state index in [4.69, 9.17) is 10.5 Å². The fourth-order valence-corrected chi connectivity index (χ4v) is 3.89. The van der Waals surface area contributed by atoms with E-state index in [1.54, 1.807) is 31.4 Å². The third kappa shape index (κ3) is 4.21. The molecule has 0 atom stereocenters. The van der Waals surface area contributed by atoms with Gasteiger partial charge in [-0.3, -0.25) is 9.89 Å². The van der Waals surface area contributed by atoms with Crippen LogP contribution in [0.2, 0.25) is 0 Å². The van der Waals surface area contributed by atoms with Gasteiger partial charge in [-0.2, -0.15) is 5.10 Å². The smallest absolute Gasteiger partial charge is 0.255 e. The summed E-state index contributed by atoms with van der Waals surface area (Å²) in [6, 6.07) is 10.1. The van der Waals surface area contributed by atoms with Gasteiger partial charge < -0.3 is 15.8 Å². The molecule has 1 aliphatic carbocycles. The average Bonchev–Trinajstić information content (AvgIpc) is 3.17. The normalized spacial score (nSPS) is 19.3. The number of aromatic amines is 1. The molecule has 0 aliphatic heterocycles. The summed E-state index contributed by atoms with van der Waals surface area (Å²) in [5.41, 5.74) is 8.69. The standard InChI is InChI=1S/C23H25FN4O2/c1-30-22-18(23(29)26-17-9-7-16(25)8-10-17)11-13-20-21(22)19(27-28-20)12-4-14-2-5-15(24)6-3-14/h2-6,11-13,16-17H,7-10,25H2,1H3,(H,26,29)(H,27,28)/b12-4+. The van der Waals surface area contributed by atoms with Crippen molar-refractivity contribution in [1.82, 2.24) is 15.5 Å². The number of hydrogen-bond acceptors (Lipinski definition) is 4. The van der Waals surface area contributed by atoms with E-state index in [-0.39, 0.29) is 23.8 Å². The number of rotatable bonds is 5. The maximum absolute atomic E-state index is 13.1. The molecule has 1 aromatic heterocycles. The van der Waals surface area contributed by atoms with Gasteiger partial charge in [0.25, 0.3) is 5.91 Å². The van der Waals surface area contributed by atoms with Gasteiger partial charge in [-0.25, -0.2) is 4.39 Å². The molecule has 3 aromatic rings. The molecule has 1 aliphatic rings. The fourth-order valence-electron chi connectivity index (χ4n) is 3.89. The van der Waals surface area contributed by atoms with E-state index < -0.39 is 0 Å². The molecule has 0 saturated heterocycles. The third-order valence-corrected chi connectivity index (χ3v) is 5.57. The van der Waals surface area contributed by atoms with Gasteiger partial charge in [0.1, 0.15) is 11.6 Å². The molecule has 7 heteroatoms. The Balaban J connectivity index is 1.62. The molecule has 0 radical (unpaired) electrons. The maximum Gasteiger partial charge on any atom is 0.255 e. The van der Waals surface area contributed by atoms with Gasteiger partial charge in [-0.1, -0.05) is 18.2 Å². The lowest BCUT2D eigenvalue weighted by Gasteiger charge is -2.27. The Kier molecular flexibility index (Phi) is 5.81. The van der Waals surface area contributed by atoms with Crippen LogP contribution in [0.3, 0.4) is 0 Å². The van der Waals surface area contributed by atoms with Crippen molar-refractivity contribution in [3.05, 3.63) is 59.0 Å². The highest BCUT2D eigenvalue weighted by Crippen LogP contribution is 2.32. The number of amides is 1. The number of ether oxygens (including phenoxy) is 1. The second-order valence-electron chi connectivity index (χ2n) is 7.65. The van der Waals surface area contributed by atoms with Crippen molar-refractivity contribution in [3.8, 4) is 5.75 Å². The summed E-state index contributed by atoms with van der Waals surface area (Å²) in [5.74, 6) is 0.0327. The Morgan fingerprint density at radius 1 is 1.17 bits per heavy atom. The highest BCUT2D eigenvalue weighted by Gasteiger charge is 2.23. The van der Waals surface area contributed by atoms with Crippen molar-refractivity contribution >= 4 is 29.0 Å². The van der Waals surface area contributed by atoms with Crippen LogP contribution in [0.4, 0.5) is 4.39 Å². The quantitative estimate of drug-likeness (QED) is 0.597. The van der Waals surface area contributed by atoms with Crippen LogP contribution in [-0.2, 0) is 0 Å². The van der Waals surface area contributed by atoms with Crippen LogP contribution in [0.5, 0.6) is 5.75 Å². The van der Waals surface area contributed by atoms with Crippen LogP contribution >= 0.6 is 0 Å². The predicted molar refractivity (Wildman–Crippen MR) is 116 cm³/mol. The number of carbonyl (C=O) groups excluding carboxylic acids is 1. The van der Waals surface area contributed by atoms with Crippen molar-refractivity contribution in [3.63, 3.8) is 0 Å². The summed E-state index contributed by atoms with van der Waals surface area (Å²) >= 11 is 0. The van der Waals surface area contributed by atoms with Crippen LogP contribution in [0, 0.1) is 5.82 Å². The first-order chi connectivity index (χ1) is 14.5. The number of halogens is 1. The number of carbonyl (C=O) groups is 1. The molecule has 6 nitrogen and oxygen atoms in total. The van der Waals surface area contributed by atoms with E-state index in [1.165, 1.54) is 12.1 Å². The van der Waals surface area contributed by atoms with E-state index in [9.17, 15) is 9.18 Å². The second kappa shape index (κ2) is 8.67. The monoisotopic (exact) mass is 408 g/mol. The molecule has 0 bridgehead atoms. The number of hydrogen-bond donors (Lipinski definition) is 3. The largest absolute Gasteiger partial charge is 0.495 e. The summed E-state index contributed by atoms with van der Waals surface area (Å²) in [7, 11) is 1.55. The minimum atomic E-state index is -0.281. The summed E-state index contributed by atoms with van der Waals surface area (Å²) in [5, 5.41) is 11.1. The molecule has 156 valence electrons.